The van der Waals surface area contributed by atoms with Gasteiger partial charge in [-0.2, -0.15) is 0 Å². The summed E-state index contributed by atoms with van der Waals surface area (Å²) >= 11 is 0. The number of carboxylic acids is 1. The normalized spacial score (nSPS) is 22.5. The fourth-order valence-electron chi connectivity index (χ4n) is 3.19. The van der Waals surface area contributed by atoms with E-state index in [1.165, 1.54) is 0 Å². The van der Waals surface area contributed by atoms with Crippen LogP contribution in [0.2, 0.25) is 0 Å². The lowest BCUT2D eigenvalue weighted by molar-refractivity contribution is -0.143. The van der Waals surface area contributed by atoms with Crippen LogP contribution in [0, 0.1) is 11.8 Å². The van der Waals surface area contributed by atoms with Gasteiger partial charge in [-0.1, -0.05) is 45.9 Å². The van der Waals surface area contributed by atoms with Gasteiger partial charge in [-0.3, -0.25) is 9.59 Å². The van der Waals surface area contributed by atoms with Gasteiger partial charge in [0.05, 0.1) is 5.92 Å². The molecule has 2 atom stereocenters. The van der Waals surface area contributed by atoms with Crippen molar-refractivity contribution in [1.29, 1.82) is 0 Å². The van der Waals surface area contributed by atoms with E-state index in [4.69, 9.17) is 0 Å². The molecular weight excluding hydrogens is 278 g/mol. The molecule has 0 aromatic heterocycles. The zero-order valence-corrected chi connectivity index (χ0v) is 13.8. The first kappa shape index (κ1) is 16.5. The molecule has 0 spiro atoms. The summed E-state index contributed by atoms with van der Waals surface area (Å²) in [5.41, 5.74) is 1.57. The number of likely N-dealkylation sites (tertiary alicyclic amines) is 1. The topological polar surface area (TPSA) is 57.6 Å². The third kappa shape index (κ3) is 3.49. The Morgan fingerprint density at radius 3 is 2.41 bits per heavy atom. The van der Waals surface area contributed by atoms with Gasteiger partial charge >= 0.3 is 5.97 Å². The van der Waals surface area contributed by atoms with Crippen LogP contribution in [0.15, 0.2) is 24.3 Å². The van der Waals surface area contributed by atoms with Crippen molar-refractivity contribution in [2.75, 3.05) is 13.1 Å². The minimum Gasteiger partial charge on any atom is -0.481 e. The molecule has 1 N–H and O–H groups in total. The summed E-state index contributed by atoms with van der Waals surface area (Å²) in [6.45, 7) is 9.18. The van der Waals surface area contributed by atoms with E-state index in [2.05, 4.69) is 20.8 Å². The number of carbonyl (C=O) groups excluding carboxylic acids is 1. The molecule has 22 heavy (non-hydrogen) atoms. The molecule has 0 radical (unpaired) electrons. The molecule has 1 fully saturated rings. The summed E-state index contributed by atoms with van der Waals surface area (Å²) in [5, 5.41) is 9.27. The SMILES string of the molecule is CC1CC(C(=O)O)CN(C(=O)c2ccccc2C(C)(C)C)C1. The number of benzene rings is 1. The molecule has 0 bridgehead atoms. The van der Waals surface area contributed by atoms with Gasteiger partial charge in [0.25, 0.3) is 5.91 Å². The van der Waals surface area contributed by atoms with Crippen LogP contribution >= 0.6 is 0 Å². The van der Waals surface area contributed by atoms with Crippen LogP contribution in [0.25, 0.3) is 0 Å². The van der Waals surface area contributed by atoms with Crippen molar-refractivity contribution in [2.45, 2.75) is 39.5 Å². The predicted molar refractivity (Wildman–Crippen MR) is 86.0 cm³/mol. The smallest absolute Gasteiger partial charge is 0.308 e. The van der Waals surface area contributed by atoms with Crippen molar-refractivity contribution in [2.24, 2.45) is 11.8 Å². The number of hydrogen-bond donors (Lipinski definition) is 1. The first-order chi connectivity index (χ1) is 10.2. The van der Waals surface area contributed by atoms with E-state index in [1.807, 2.05) is 31.2 Å². The fourth-order valence-corrected chi connectivity index (χ4v) is 3.19. The predicted octanol–water partition coefficient (Wildman–Crippen LogP) is 3.17. The second-order valence-corrected chi connectivity index (χ2v) is 7.38. The third-order valence-corrected chi connectivity index (χ3v) is 4.26. The summed E-state index contributed by atoms with van der Waals surface area (Å²) in [4.78, 5) is 25.9. The lowest BCUT2D eigenvalue weighted by atomic mass is 9.83. The Balaban J connectivity index is 2.30. The molecule has 1 aromatic rings. The van der Waals surface area contributed by atoms with Gasteiger partial charge in [0.15, 0.2) is 0 Å². The van der Waals surface area contributed by atoms with Gasteiger partial charge in [-0.05, 0) is 29.4 Å². The molecule has 1 heterocycles. The zero-order valence-electron chi connectivity index (χ0n) is 13.8. The Bertz CT molecular complexity index is 574. The highest BCUT2D eigenvalue weighted by Crippen LogP contribution is 2.29. The molecule has 1 aliphatic heterocycles. The number of amides is 1. The first-order valence-corrected chi connectivity index (χ1v) is 7.81. The van der Waals surface area contributed by atoms with Crippen LogP contribution in [0.5, 0.6) is 0 Å². The fraction of sp³-hybridized carbons (Fsp3) is 0.556. The number of carbonyl (C=O) groups is 2. The van der Waals surface area contributed by atoms with Crippen molar-refractivity contribution < 1.29 is 14.7 Å². The third-order valence-electron chi connectivity index (χ3n) is 4.26. The second-order valence-electron chi connectivity index (χ2n) is 7.38. The largest absolute Gasteiger partial charge is 0.481 e. The first-order valence-electron chi connectivity index (χ1n) is 7.81. The van der Waals surface area contributed by atoms with Gasteiger partial charge < -0.3 is 10.0 Å². The van der Waals surface area contributed by atoms with E-state index in [9.17, 15) is 14.7 Å². The van der Waals surface area contributed by atoms with Gasteiger partial charge in [0, 0.05) is 18.7 Å². The Morgan fingerprint density at radius 1 is 1.18 bits per heavy atom. The summed E-state index contributed by atoms with van der Waals surface area (Å²) in [6.07, 6.45) is 0.639. The van der Waals surface area contributed by atoms with Gasteiger partial charge in [0.2, 0.25) is 0 Å². The highest BCUT2D eigenvalue weighted by Gasteiger charge is 2.33. The monoisotopic (exact) mass is 303 g/mol. The molecule has 1 amide bonds. The molecule has 0 aliphatic carbocycles. The standard InChI is InChI=1S/C18H25NO3/c1-12-9-13(17(21)22)11-19(10-12)16(20)14-7-5-6-8-15(14)18(2,3)4/h5-8,12-13H,9-11H2,1-4H3,(H,21,22). The van der Waals surface area contributed by atoms with Crippen molar-refractivity contribution in [3.05, 3.63) is 35.4 Å². The van der Waals surface area contributed by atoms with E-state index >= 15 is 0 Å². The van der Waals surface area contributed by atoms with Crippen molar-refractivity contribution >= 4 is 11.9 Å². The van der Waals surface area contributed by atoms with Crippen LogP contribution in [-0.4, -0.2) is 35.0 Å². The van der Waals surface area contributed by atoms with Gasteiger partial charge in [-0.15, -0.1) is 0 Å². The lowest BCUT2D eigenvalue weighted by Crippen LogP contribution is -2.46. The van der Waals surface area contributed by atoms with Crippen molar-refractivity contribution in [3.8, 4) is 0 Å². The van der Waals surface area contributed by atoms with Crippen LogP contribution in [-0.2, 0) is 10.2 Å². The van der Waals surface area contributed by atoms with Gasteiger partial charge in [-0.25, -0.2) is 0 Å². The highest BCUT2D eigenvalue weighted by molar-refractivity contribution is 5.96. The minimum atomic E-state index is -0.812. The maximum absolute atomic E-state index is 12.9. The van der Waals surface area contributed by atoms with Crippen LogP contribution in [0.4, 0.5) is 0 Å². The quantitative estimate of drug-likeness (QED) is 0.913. The summed E-state index contributed by atoms with van der Waals surface area (Å²) in [6, 6.07) is 7.63. The molecule has 1 aliphatic rings. The van der Waals surface area contributed by atoms with Crippen LogP contribution in [0.3, 0.4) is 0 Å². The van der Waals surface area contributed by atoms with E-state index < -0.39 is 11.9 Å². The number of piperidine rings is 1. The Kier molecular flexibility index (Phi) is 4.59. The summed E-state index contributed by atoms with van der Waals surface area (Å²) in [7, 11) is 0. The molecule has 1 aromatic carbocycles. The van der Waals surface area contributed by atoms with Crippen molar-refractivity contribution in [3.63, 3.8) is 0 Å². The Morgan fingerprint density at radius 2 is 1.82 bits per heavy atom. The summed E-state index contributed by atoms with van der Waals surface area (Å²) < 4.78 is 0. The van der Waals surface area contributed by atoms with E-state index in [0.29, 0.717) is 25.1 Å². The van der Waals surface area contributed by atoms with E-state index in [-0.39, 0.29) is 17.2 Å². The maximum Gasteiger partial charge on any atom is 0.308 e. The van der Waals surface area contributed by atoms with Crippen LogP contribution < -0.4 is 0 Å². The summed E-state index contributed by atoms with van der Waals surface area (Å²) in [5.74, 6) is -1.12. The Hall–Kier alpha value is -1.84. The lowest BCUT2D eigenvalue weighted by Gasteiger charge is -2.35. The number of carboxylic acid groups (broad SMARTS) is 1. The Labute approximate surface area is 132 Å². The molecule has 2 unspecified atom stereocenters. The highest BCUT2D eigenvalue weighted by atomic mass is 16.4. The second kappa shape index (κ2) is 6.11. The molecule has 1 saturated heterocycles. The molecule has 4 nitrogen and oxygen atoms in total. The van der Waals surface area contributed by atoms with Crippen molar-refractivity contribution in [1.82, 2.24) is 4.90 Å². The molecule has 120 valence electrons. The minimum absolute atomic E-state index is 0.0525. The van der Waals surface area contributed by atoms with Crippen LogP contribution in [0.1, 0.15) is 50.0 Å². The molecular formula is C18H25NO3. The number of aliphatic carboxylic acids is 1. The number of rotatable bonds is 2. The number of nitrogens with zero attached hydrogens (tertiary/aromatic N) is 1. The molecule has 0 saturated carbocycles. The number of hydrogen-bond acceptors (Lipinski definition) is 2. The molecule has 2 rings (SSSR count). The average molecular weight is 303 g/mol. The van der Waals surface area contributed by atoms with E-state index in [1.54, 1.807) is 4.90 Å². The maximum atomic E-state index is 12.9. The zero-order chi connectivity index (χ0) is 16.5. The van der Waals surface area contributed by atoms with Gasteiger partial charge in [0.1, 0.15) is 0 Å². The van der Waals surface area contributed by atoms with E-state index in [0.717, 1.165) is 5.56 Å². The molecule has 4 heteroatoms. The average Bonchev–Trinajstić information content (AvgIpc) is 2.45.